The highest BCUT2D eigenvalue weighted by atomic mass is 19.1. The number of nitrogens with zero attached hydrogens (tertiary/aromatic N) is 1. The molecule has 0 bridgehead atoms. The van der Waals surface area contributed by atoms with E-state index in [1.807, 2.05) is 0 Å². The molecule has 0 saturated carbocycles. The fourth-order valence-corrected chi connectivity index (χ4v) is 2.56. The van der Waals surface area contributed by atoms with E-state index in [2.05, 4.69) is 20.3 Å². The quantitative estimate of drug-likeness (QED) is 0.398. The molecule has 8 nitrogen and oxygen atoms in total. The maximum Gasteiger partial charge on any atom is 0.276 e. The Morgan fingerprint density at radius 3 is 2.80 bits per heavy atom. The summed E-state index contributed by atoms with van der Waals surface area (Å²) in [5.74, 6) is -0.0570. The van der Waals surface area contributed by atoms with E-state index in [0.29, 0.717) is 5.56 Å². The number of aromatic amines is 2. The van der Waals surface area contributed by atoms with Crippen molar-refractivity contribution in [1.29, 1.82) is 0 Å². The van der Waals surface area contributed by atoms with Crippen molar-refractivity contribution in [2.24, 2.45) is 0 Å². The first-order chi connectivity index (χ1) is 9.52. The number of rotatable bonds is 2. The van der Waals surface area contributed by atoms with E-state index in [-0.39, 0.29) is 17.0 Å². The van der Waals surface area contributed by atoms with Gasteiger partial charge in [-0.25, -0.2) is 9.37 Å². The number of nitrogens with one attached hydrogen (secondary N) is 3. The molecule has 0 aromatic carbocycles. The van der Waals surface area contributed by atoms with Crippen LogP contribution in [0.4, 0.5) is 10.3 Å². The first kappa shape index (κ1) is 13.0. The Morgan fingerprint density at radius 2 is 2.15 bits per heavy atom. The maximum atomic E-state index is 12.7. The number of nitrogens with two attached hydrogens (primary N) is 1. The summed E-state index contributed by atoms with van der Waals surface area (Å²) >= 11 is 0. The molecule has 9 heteroatoms. The molecule has 4 atom stereocenters. The van der Waals surface area contributed by atoms with E-state index >= 15 is 0 Å². The highest BCUT2D eigenvalue weighted by Crippen LogP contribution is 2.31. The van der Waals surface area contributed by atoms with Crippen LogP contribution in [0.15, 0.2) is 11.0 Å². The molecule has 2 aromatic rings. The fourth-order valence-electron chi connectivity index (χ4n) is 2.56. The Morgan fingerprint density at radius 1 is 1.40 bits per heavy atom. The van der Waals surface area contributed by atoms with Crippen molar-refractivity contribution in [2.45, 2.75) is 24.3 Å². The van der Waals surface area contributed by atoms with Crippen LogP contribution in [0.2, 0.25) is 0 Å². The lowest BCUT2D eigenvalue weighted by molar-refractivity contribution is 0.0248. The van der Waals surface area contributed by atoms with Crippen molar-refractivity contribution < 1.29 is 14.6 Å². The number of aliphatic hydroxyl groups is 2. The minimum Gasteiger partial charge on any atom is -0.389 e. The zero-order chi connectivity index (χ0) is 14.4. The van der Waals surface area contributed by atoms with Gasteiger partial charge in [0.15, 0.2) is 0 Å². The van der Waals surface area contributed by atoms with Gasteiger partial charge >= 0.3 is 0 Å². The van der Waals surface area contributed by atoms with Gasteiger partial charge in [-0.2, -0.15) is 0 Å². The molecule has 0 amide bonds. The number of halogens is 1. The number of aliphatic hydroxyl groups excluding tert-OH is 2. The highest BCUT2D eigenvalue weighted by molar-refractivity contribution is 5.79. The molecule has 0 spiro atoms. The summed E-state index contributed by atoms with van der Waals surface area (Å²) < 4.78 is 12.7. The van der Waals surface area contributed by atoms with Crippen molar-refractivity contribution >= 4 is 17.0 Å². The molecule has 0 aliphatic carbocycles. The Hall–Kier alpha value is -1.97. The summed E-state index contributed by atoms with van der Waals surface area (Å²) in [4.78, 5) is 20.8. The molecule has 1 aliphatic heterocycles. The first-order valence-electron chi connectivity index (χ1n) is 6.08. The third-order valence-electron chi connectivity index (χ3n) is 3.58. The van der Waals surface area contributed by atoms with Crippen LogP contribution in [0, 0.1) is 0 Å². The molecule has 108 valence electrons. The second-order valence-electron chi connectivity index (χ2n) is 4.81. The minimum atomic E-state index is -1.23. The number of alkyl halides is 1. The van der Waals surface area contributed by atoms with Crippen molar-refractivity contribution in [3.05, 3.63) is 22.1 Å². The van der Waals surface area contributed by atoms with E-state index in [1.54, 1.807) is 0 Å². The summed E-state index contributed by atoms with van der Waals surface area (Å²) in [6, 6.07) is -1.59. The Balaban J connectivity index is 2.09. The van der Waals surface area contributed by atoms with Gasteiger partial charge in [0.2, 0.25) is 5.95 Å². The number of H-pyrrole nitrogens is 2. The van der Waals surface area contributed by atoms with Crippen LogP contribution in [0.1, 0.15) is 11.6 Å². The van der Waals surface area contributed by atoms with Crippen LogP contribution in [-0.2, 0) is 0 Å². The van der Waals surface area contributed by atoms with Gasteiger partial charge in [-0.05, 0) is 0 Å². The third kappa shape index (κ3) is 1.79. The SMILES string of the molecule is Nc1nc2c([C@@H]3N[C@H](CF)[C@@H](O)[C@H]3O)c[nH]c2c(=O)[nH]1. The molecule has 3 heterocycles. The number of aromatic nitrogens is 3. The molecule has 2 aromatic heterocycles. The van der Waals surface area contributed by atoms with Crippen LogP contribution in [0.3, 0.4) is 0 Å². The lowest BCUT2D eigenvalue weighted by Gasteiger charge is -2.14. The third-order valence-corrected chi connectivity index (χ3v) is 3.58. The van der Waals surface area contributed by atoms with Crippen LogP contribution < -0.4 is 16.6 Å². The maximum absolute atomic E-state index is 12.7. The van der Waals surface area contributed by atoms with Crippen molar-refractivity contribution in [3.63, 3.8) is 0 Å². The van der Waals surface area contributed by atoms with Gasteiger partial charge in [0.25, 0.3) is 5.56 Å². The van der Waals surface area contributed by atoms with E-state index in [0.717, 1.165) is 0 Å². The van der Waals surface area contributed by atoms with Crippen molar-refractivity contribution in [1.82, 2.24) is 20.3 Å². The molecule has 1 saturated heterocycles. The van der Waals surface area contributed by atoms with Gasteiger partial charge in [-0.15, -0.1) is 0 Å². The molecule has 20 heavy (non-hydrogen) atoms. The molecule has 3 rings (SSSR count). The molecular weight excluding hydrogens is 269 g/mol. The van der Waals surface area contributed by atoms with Crippen molar-refractivity contribution in [3.8, 4) is 0 Å². The van der Waals surface area contributed by atoms with E-state index in [1.165, 1.54) is 6.20 Å². The number of fused-ring (bicyclic) bond motifs is 1. The van der Waals surface area contributed by atoms with Crippen LogP contribution >= 0.6 is 0 Å². The number of hydrogen-bond donors (Lipinski definition) is 6. The average Bonchev–Trinajstić information content (AvgIpc) is 2.93. The Kier molecular flexibility index (Phi) is 2.96. The zero-order valence-electron chi connectivity index (χ0n) is 10.3. The predicted molar refractivity (Wildman–Crippen MR) is 68.8 cm³/mol. The monoisotopic (exact) mass is 283 g/mol. The summed E-state index contributed by atoms with van der Waals surface area (Å²) in [6.07, 6.45) is -0.938. The van der Waals surface area contributed by atoms with Crippen molar-refractivity contribution in [2.75, 3.05) is 12.4 Å². The second-order valence-corrected chi connectivity index (χ2v) is 4.81. The topological polar surface area (TPSA) is 140 Å². The smallest absolute Gasteiger partial charge is 0.276 e. The largest absolute Gasteiger partial charge is 0.389 e. The van der Waals surface area contributed by atoms with Gasteiger partial charge in [-0.3, -0.25) is 15.1 Å². The molecule has 1 aliphatic rings. The fraction of sp³-hybridized carbons (Fsp3) is 0.455. The standard InChI is InChI=1S/C11H14FN5O3/c12-1-4-8(18)9(19)6(15-4)3-2-14-7-5(3)16-11(13)17-10(7)20/h2,4,6,8-9,14-15,18-19H,1H2,(H3,13,16,17,20)/t4-,6+,8-,9+/m1/s1. The highest BCUT2D eigenvalue weighted by Gasteiger charge is 2.42. The van der Waals surface area contributed by atoms with Crippen LogP contribution in [-0.4, -0.2) is 50.1 Å². The summed E-state index contributed by atoms with van der Waals surface area (Å²) in [5.41, 5.74) is 6.01. The van der Waals surface area contributed by atoms with Crippen LogP contribution in [0.5, 0.6) is 0 Å². The van der Waals surface area contributed by atoms with E-state index in [9.17, 15) is 19.4 Å². The number of hydrogen-bond acceptors (Lipinski definition) is 6. The van der Waals surface area contributed by atoms with Crippen LogP contribution in [0.25, 0.3) is 11.0 Å². The Labute approximate surface area is 111 Å². The average molecular weight is 283 g/mol. The predicted octanol–water partition coefficient (Wildman–Crippen LogP) is -1.46. The summed E-state index contributed by atoms with van der Waals surface area (Å²) in [7, 11) is 0. The molecular formula is C11H14FN5O3. The normalized spacial score (nSPS) is 30.1. The Bertz CT molecular complexity index is 699. The second kappa shape index (κ2) is 4.54. The van der Waals surface area contributed by atoms with E-state index < -0.39 is 36.5 Å². The van der Waals surface area contributed by atoms with Gasteiger partial charge in [-0.1, -0.05) is 0 Å². The first-order valence-corrected chi connectivity index (χ1v) is 6.08. The van der Waals surface area contributed by atoms with Gasteiger partial charge < -0.3 is 20.9 Å². The summed E-state index contributed by atoms with van der Waals surface area (Å²) in [6.45, 7) is -0.812. The number of nitrogen functional groups attached to an aromatic ring is 1. The number of anilines is 1. The summed E-state index contributed by atoms with van der Waals surface area (Å²) in [5, 5.41) is 22.5. The lowest BCUT2D eigenvalue weighted by Crippen LogP contribution is -2.34. The molecule has 1 fully saturated rings. The zero-order valence-corrected chi connectivity index (χ0v) is 10.3. The molecule has 0 unspecified atom stereocenters. The van der Waals surface area contributed by atoms with E-state index in [4.69, 9.17) is 5.73 Å². The van der Waals surface area contributed by atoms with Gasteiger partial charge in [0.05, 0.1) is 18.2 Å². The molecule has 7 N–H and O–H groups in total. The van der Waals surface area contributed by atoms with Gasteiger partial charge in [0.1, 0.15) is 23.8 Å². The minimum absolute atomic E-state index is 0.0570. The lowest BCUT2D eigenvalue weighted by atomic mass is 10.0. The van der Waals surface area contributed by atoms with Gasteiger partial charge in [0, 0.05) is 11.8 Å². The molecule has 0 radical (unpaired) electrons.